The smallest absolute Gasteiger partial charge is 0.0897 e. The van der Waals surface area contributed by atoms with E-state index in [-0.39, 0.29) is 5.60 Å². The molecule has 1 heterocycles. The molecule has 3 nitrogen and oxygen atoms in total. The van der Waals surface area contributed by atoms with Crippen LogP contribution in [0.25, 0.3) is 0 Å². The van der Waals surface area contributed by atoms with Gasteiger partial charge >= 0.3 is 0 Å². The van der Waals surface area contributed by atoms with Gasteiger partial charge in [0, 0.05) is 25.0 Å². The zero-order chi connectivity index (χ0) is 12.2. The molecule has 0 aliphatic carbocycles. The second kappa shape index (κ2) is 5.75. The standard InChI is InChI=1S/C12H22N2OS/c1-6-13-11(12(3,4)15-5)7-10-8-16-9(2)14-10/h8,11,13H,6-7H2,1-5H3. The lowest BCUT2D eigenvalue weighted by atomic mass is 9.94. The van der Waals surface area contributed by atoms with Crippen molar-refractivity contribution in [2.45, 2.75) is 45.8 Å². The van der Waals surface area contributed by atoms with Crippen LogP contribution in [-0.4, -0.2) is 30.3 Å². The van der Waals surface area contributed by atoms with Crippen LogP contribution in [0.1, 0.15) is 31.5 Å². The molecule has 0 saturated carbocycles. The number of aromatic nitrogens is 1. The molecule has 0 aliphatic heterocycles. The minimum Gasteiger partial charge on any atom is -0.377 e. The normalized spacial score (nSPS) is 14.1. The third-order valence-electron chi connectivity index (χ3n) is 2.90. The van der Waals surface area contributed by atoms with Gasteiger partial charge in [-0.3, -0.25) is 0 Å². The van der Waals surface area contributed by atoms with E-state index in [0.29, 0.717) is 6.04 Å². The maximum Gasteiger partial charge on any atom is 0.0897 e. The summed E-state index contributed by atoms with van der Waals surface area (Å²) in [6, 6.07) is 0.295. The lowest BCUT2D eigenvalue weighted by molar-refractivity contribution is -0.00982. The predicted octanol–water partition coefficient (Wildman–Crippen LogP) is 2.40. The summed E-state index contributed by atoms with van der Waals surface area (Å²) >= 11 is 1.70. The van der Waals surface area contributed by atoms with E-state index in [1.165, 1.54) is 0 Å². The molecule has 1 unspecified atom stereocenters. The molecule has 0 aliphatic rings. The number of nitrogens with zero attached hydrogens (tertiary/aromatic N) is 1. The van der Waals surface area contributed by atoms with Gasteiger partial charge in [0.25, 0.3) is 0 Å². The zero-order valence-corrected chi connectivity index (χ0v) is 11.6. The van der Waals surface area contributed by atoms with E-state index in [1.807, 2.05) is 6.92 Å². The number of hydrogen-bond acceptors (Lipinski definition) is 4. The Hall–Kier alpha value is -0.450. The fraction of sp³-hybridized carbons (Fsp3) is 0.750. The first kappa shape index (κ1) is 13.6. The maximum absolute atomic E-state index is 5.54. The van der Waals surface area contributed by atoms with E-state index < -0.39 is 0 Å². The quantitative estimate of drug-likeness (QED) is 0.832. The maximum atomic E-state index is 5.54. The van der Waals surface area contributed by atoms with E-state index in [0.717, 1.165) is 23.7 Å². The van der Waals surface area contributed by atoms with Gasteiger partial charge < -0.3 is 10.1 Å². The first-order valence-corrected chi connectivity index (χ1v) is 6.57. The van der Waals surface area contributed by atoms with Crippen molar-refractivity contribution in [2.24, 2.45) is 0 Å². The van der Waals surface area contributed by atoms with Crippen LogP contribution < -0.4 is 5.32 Å². The van der Waals surface area contributed by atoms with E-state index >= 15 is 0 Å². The van der Waals surface area contributed by atoms with Gasteiger partial charge in [-0.2, -0.15) is 0 Å². The van der Waals surface area contributed by atoms with E-state index in [1.54, 1.807) is 18.4 Å². The van der Waals surface area contributed by atoms with E-state index in [4.69, 9.17) is 4.74 Å². The summed E-state index contributed by atoms with van der Waals surface area (Å²) < 4.78 is 5.54. The minimum atomic E-state index is -0.173. The van der Waals surface area contributed by atoms with Gasteiger partial charge in [0.2, 0.25) is 0 Å². The molecule has 0 amide bonds. The number of nitrogens with one attached hydrogen (secondary N) is 1. The monoisotopic (exact) mass is 242 g/mol. The molecule has 0 spiro atoms. The number of rotatable bonds is 6. The Labute approximate surface area is 102 Å². The van der Waals surface area contributed by atoms with Crippen LogP contribution in [0.5, 0.6) is 0 Å². The van der Waals surface area contributed by atoms with Gasteiger partial charge in [-0.15, -0.1) is 11.3 Å². The second-order valence-electron chi connectivity index (χ2n) is 4.48. The van der Waals surface area contributed by atoms with Crippen molar-refractivity contribution < 1.29 is 4.74 Å². The van der Waals surface area contributed by atoms with Gasteiger partial charge in [-0.1, -0.05) is 6.92 Å². The fourth-order valence-electron chi connectivity index (χ4n) is 1.66. The summed E-state index contributed by atoms with van der Waals surface area (Å²) in [5.41, 5.74) is 0.978. The van der Waals surface area contributed by atoms with Gasteiger partial charge in [0.15, 0.2) is 0 Å². The minimum absolute atomic E-state index is 0.173. The molecule has 92 valence electrons. The highest BCUT2D eigenvalue weighted by Gasteiger charge is 2.29. The SMILES string of the molecule is CCNC(Cc1csc(C)n1)C(C)(C)OC. The second-order valence-corrected chi connectivity index (χ2v) is 5.54. The van der Waals surface area contributed by atoms with Crippen LogP contribution in [0.15, 0.2) is 5.38 Å². The molecule has 0 bridgehead atoms. The molecule has 0 radical (unpaired) electrons. The van der Waals surface area contributed by atoms with Crippen LogP contribution in [0.3, 0.4) is 0 Å². The molecule has 1 atom stereocenters. The molecule has 1 aromatic rings. The van der Waals surface area contributed by atoms with Crippen molar-refractivity contribution in [3.63, 3.8) is 0 Å². The summed E-state index contributed by atoms with van der Waals surface area (Å²) in [5, 5.41) is 6.73. The van der Waals surface area contributed by atoms with Crippen molar-refractivity contribution >= 4 is 11.3 Å². The van der Waals surface area contributed by atoms with E-state index in [2.05, 4.69) is 36.5 Å². The van der Waals surface area contributed by atoms with Crippen molar-refractivity contribution in [3.05, 3.63) is 16.1 Å². The van der Waals surface area contributed by atoms with Crippen molar-refractivity contribution in [3.8, 4) is 0 Å². The molecule has 4 heteroatoms. The zero-order valence-electron chi connectivity index (χ0n) is 10.8. The highest BCUT2D eigenvalue weighted by Crippen LogP contribution is 2.19. The lowest BCUT2D eigenvalue weighted by Gasteiger charge is -2.33. The van der Waals surface area contributed by atoms with Gasteiger partial charge in [-0.25, -0.2) is 4.98 Å². The van der Waals surface area contributed by atoms with Crippen LogP contribution in [-0.2, 0) is 11.2 Å². The molecular formula is C12H22N2OS. The predicted molar refractivity (Wildman–Crippen MR) is 69.1 cm³/mol. The summed E-state index contributed by atoms with van der Waals surface area (Å²) in [6.45, 7) is 9.32. The highest BCUT2D eigenvalue weighted by molar-refractivity contribution is 7.09. The Kier molecular flexibility index (Phi) is 4.89. The third-order valence-corrected chi connectivity index (χ3v) is 3.72. The molecule has 1 N–H and O–H groups in total. The van der Waals surface area contributed by atoms with Crippen LogP contribution >= 0.6 is 11.3 Å². The number of likely N-dealkylation sites (N-methyl/N-ethyl adjacent to an activating group) is 1. The number of thiazole rings is 1. The third kappa shape index (κ3) is 3.54. The molecule has 0 saturated heterocycles. The average molecular weight is 242 g/mol. The Bertz CT molecular complexity index is 323. The average Bonchev–Trinajstić information content (AvgIpc) is 2.63. The number of hydrogen-bond donors (Lipinski definition) is 1. The molecule has 0 aromatic carbocycles. The summed E-state index contributed by atoms with van der Waals surface area (Å²) in [7, 11) is 1.76. The van der Waals surface area contributed by atoms with Crippen molar-refractivity contribution in [1.82, 2.24) is 10.3 Å². The first-order valence-electron chi connectivity index (χ1n) is 5.69. The van der Waals surface area contributed by atoms with Gasteiger partial charge in [0.05, 0.1) is 16.3 Å². The Balaban J connectivity index is 2.71. The topological polar surface area (TPSA) is 34.2 Å². The largest absolute Gasteiger partial charge is 0.377 e. The van der Waals surface area contributed by atoms with Gasteiger partial charge in [0.1, 0.15) is 0 Å². The van der Waals surface area contributed by atoms with Crippen molar-refractivity contribution in [1.29, 1.82) is 0 Å². The molecule has 16 heavy (non-hydrogen) atoms. The summed E-state index contributed by atoms with van der Waals surface area (Å²) in [4.78, 5) is 4.50. The lowest BCUT2D eigenvalue weighted by Crippen LogP contribution is -2.49. The number of ether oxygens (including phenoxy) is 1. The number of methoxy groups -OCH3 is 1. The van der Waals surface area contributed by atoms with Crippen LogP contribution in [0, 0.1) is 6.92 Å². The van der Waals surface area contributed by atoms with E-state index in [9.17, 15) is 0 Å². The highest BCUT2D eigenvalue weighted by atomic mass is 32.1. The molecule has 0 fully saturated rings. The Morgan fingerprint density at radius 1 is 1.56 bits per heavy atom. The first-order chi connectivity index (χ1) is 7.49. The van der Waals surface area contributed by atoms with Crippen molar-refractivity contribution in [2.75, 3.05) is 13.7 Å². The molecule has 1 rings (SSSR count). The summed E-state index contributed by atoms with van der Waals surface area (Å²) in [5.74, 6) is 0. The summed E-state index contributed by atoms with van der Waals surface area (Å²) in [6.07, 6.45) is 0.916. The fourth-order valence-corrected chi connectivity index (χ4v) is 2.29. The van der Waals surface area contributed by atoms with Crippen LogP contribution in [0.2, 0.25) is 0 Å². The Morgan fingerprint density at radius 3 is 2.69 bits per heavy atom. The van der Waals surface area contributed by atoms with Crippen LogP contribution in [0.4, 0.5) is 0 Å². The Morgan fingerprint density at radius 2 is 2.25 bits per heavy atom. The molecule has 1 aromatic heterocycles. The van der Waals surface area contributed by atoms with Gasteiger partial charge in [-0.05, 0) is 27.3 Å². The number of aryl methyl sites for hydroxylation is 1. The molecular weight excluding hydrogens is 220 g/mol.